The van der Waals surface area contributed by atoms with Gasteiger partial charge in [0.1, 0.15) is 0 Å². The third-order valence-corrected chi connectivity index (χ3v) is 11.6. The van der Waals surface area contributed by atoms with Gasteiger partial charge in [0.15, 0.2) is 7.36 Å². The maximum absolute atomic E-state index is 5.79. The summed E-state index contributed by atoms with van der Waals surface area (Å²) in [5.74, 6) is 0. The second-order valence-corrected chi connectivity index (χ2v) is 13.1. The summed E-state index contributed by atoms with van der Waals surface area (Å²) in [6.07, 6.45) is 2.10. The molecule has 0 spiro atoms. The first-order valence-electron chi connectivity index (χ1n) is 13.2. The topological polar surface area (TPSA) is 34.4 Å². The molecule has 5 rings (SSSR count). The first-order valence-corrected chi connectivity index (χ1v) is 14.8. The summed E-state index contributed by atoms with van der Waals surface area (Å²) in [5, 5.41) is 6.38. The van der Waals surface area contributed by atoms with Crippen LogP contribution in [-0.2, 0) is 5.41 Å². The second kappa shape index (κ2) is 9.63. The molecular formula is C31H38N5P. The molecule has 0 saturated carbocycles. The van der Waals surface area contributed by atoms with Gasteiger partial charge in [-0.25, -0.2) is 14.2 Å². The molecule has 192 valence electrons. The molecule has 37 heavy (non-hydrogen) atoms. The zero-order chi connectivity index (χ0) is 26.4. The van der Waals surface area contributed by atoms with Gasteiger partial charge >= 0.3 is 0 Å². The normalized spacial score (nSPS) is 22.2. The van der Waals surface area contributed by atoms with Gasteiger partial charge in [-0.15, -0.1) is 0 Å². The van der Waals surface area contributed by atoms with Gasteiger partial charge in [-0.05, 0) is 54.8 Å². The number of para-hydroxylation sites is 2. The number of aryl methyl sites for hydroxylation is 1. The van der Waals surface area contributed by atoms with E-state index in [-0.39, 0.29) is 5.41 Å². The van der Waals surface area contributed by atoms with Crippen LogP contribution in [0.1, 0.15) is 44.4 Å². The lowest BCUT2D eigenvalue weighted by atomic mass is 9.84. The Morgan fingerprint density at radius 3 is 2.24 bits per heavy atom. The van der Waals surface area contributed by atoms with Gasteiger partial charge in [-0.1, -0.05) is 76.2 Å². The Kier molecular flexibility index (Phi) is 6.64. The van der Waals surface area contributed by atoms with Crippen LogP contribution in [0.15, 0.2) is 93.7 Å². The van der Waals surface area contributed by atoms with E-state index in [0.717, 1.165) is 24.5 Å². The lowest BCUT2D eigenvalue weighted by Crippen LogP contribution is -2.31. The third-order valence-electron chi connectivity index (χ3n) is 7.92. The van der Waals surface area contributed by atoms with Crippen molar-refractivity contribution >= 4 is 30.6 Å². The number of benzene rings is 3. The molecule has 5 nitrogen and oxygen atoms in total. The van der Waals surface area contributed by atoms with Crippen LogP contribution in [0.25, 0.3) is 0 Å². The molecule has 0 aromatic heterocycles. The van der Waals surface area contributed by atoms with Crippen LogP contribution in [0, 0.1) is 13.8 Å². The van der Waals surface area contributed by atoms with Crippen molar-refractivity contribution in [3.05, 3.63) is 100 Å². The fraction of sp³-hybridized carbons (Fsp3) is 0.323. The van der Waals surface area contributed by atoms with Crippen molar-refractivity contribution in [2.24, 2.45) is 9.85 Å². The van der Waals surface area contributed by atoms with Crippen LogP contribution in [0.3, 0.4) is 0 Å². The Hall–Kier alpha value is -3.14. The molecule has 3 aromatic rings. The highest BCUT2D eigenvalue weighted by Gasteiger charge is 2.49. The van der Waals surface area contributed by atoms with Crippen molar-refractivity contribution in [3.8, 4) is 0 Å². The Labute approximate surface area is 222 Å². The lowest BCUT2D eigenvalue weighted by Gasteiger charge is -2.41. The highest BCUT2D eigenvalue weighted by molar-refractivity contribution is 7.71. The van der Waals surface area contributed by atoms with Gasteiger partial charge in [0.25, 0.3) is 0 Å². The Morgan fingerprint density at radius 2 is 1.57 bits per heavy atom. The van der Waals surface area contributed by atoms with E-state index in [4.69, 9.17) is 9.85 Å². The van der Waals surface area contributed by atoms with Gasteiger partial charge in [0.05, 0.1) is 22.9 Å². The van der Waals surface area contributed by atoms with E-state index in [1.807, 2.05) is 0 Å². The van der Waals surface area contributed by atoms with Crippen LogP contribution >= 0.6 is 7.36 Å². The lowest BCUT2D eigenvalue weighted by molar-refractivity contribution is 0.501. The van der Waals surface area contributed by atoms with E-state index in [1.54, 1.807) is 0 Å². The Bertz CT molecular complexity index is 1430. The van der Waals surface area contributed by atoms with E-state index in [1.165, 1.54) is 33.4 Å². The zero-order valence-electron chi connectivity index (χ0n) is 23.1. The molecule has 0 N–H and O–H groups in total. The predicted molar refractivity (Wildman–Crippen MR) is 160 cm³/mol. The third kappa shape index (κ3) is 3.88. The zero-order valence-corrected chi connectivity index (χ0v) is 24.0. The predicted octanol–water partition coefficient (Wildman–Crippen LogP) is 8.45. The number of hydrazone groups is 1. The van der Waals surface area contributed by atoms with E-state index in [2.05, 4.69) is 142 Å². The first kappa shape index (κ1) is 25.5. The summed E-state index contributed by atoms with van der Waals surface area (Å²) < 4.78 is 10.6. The Balaban J connectivity index is 1.91. The number of likely N-dealkylation sites (N-methyl/N-ethyl adjacent to an activating group) is 1. The number of rotatable bonds is 5. The van der Waals surface area contributed by atoms with Gasteiger partial charge in [0, 0.05) is 36.9 Å². The largest absolute Gasteiger partial charge is 0.346 e. The molecule has 0 amide bonds. The summed E-state index contributed by atoms with van der Waals surface area (Å²) in [5.41, 5.74) is 8.29. The molecule has 1 atom stereocenters. The molecular weight excluding hydrogens is 473 g/mol. The van der Waals surface area contributed by atoms with Crippen molar-refractivity contribution in [2.45, 2.75) is 47.0 Å². The smallest absolute Gasteiger partial charge is 0.179 e. The van der Waals surface area contributed by atoms with Crippen LogP contribution in [0.2, 0.25) is 0 Å². The van der Waals surface area contributed by atoms with Crippen LogP contribution < -0.4 is 9.68 Å². The standard InChI is InChI=1S/C31H38N5P/c1-8-35(9-2)37(33-27-20-15-16-23(3)24(27)4)29(22-32-36(37)25-17-11-10-12-18-25)30-31(5,6)26-19-13-14-21-28(26)34(30)7/h10-22H,8-9H2,1-7H3/b30-29-/t37-/m0/s1. The summed E-state index contributed by atoms with van der Waals surface area (Å²) >= 11 is 0. The molecule has 0 saturated heterocycles. The molecule has 3 aromatic carbocycles. The summed E-state index contributed by atoms with van der Waals surface area (Å²) in [4.78, 5) is 2.38. The molecule has 2 aliphatic rings. The second-order valence-electron chi connectivity index (χ2n) is 10.3. The molecule has 0 unspecified atom stereocenters. The maximum Gasteiger partial charge on any atom is 0.179 e. The van der Waals surface area contributed by atoms with E-state index >= 15 is 0 Å². The van der Waals surface area contributed by atoms with Crippen LogP contribution in [0.4, 0.5) is 17.1 Å². The number of fused-ring (bicyclic) bond motifs is 1. The highest BCUT2D eigenvalue weighted by atomic mass is 31.2. The average Bonchev–Trinajstić information content (AvgIpc) is 3.35. The fourth-order valence-electron chi connectivity index (χ4n) is 5.85. The molecule has 0 radical (unpaired) electrons. The average molecular weight is 512 g/mol. The summed E-state index contributed by atoms with van der Waals surface area (Å²) in [7, 11) is -0.357. The fourth-order valence-corrected chi connectivity index (χ4v) is 9.80. The van der Waals surface area contributed by atoms with Crippen LogP contribution in [-0.4, -0.2) is 31.0 Å². The number of hydrogen-bond acceptors (Lipinski definition) is 3. The SMILES string of the molecule is CCN(CC)[P@@]1(=Nc2cccc(C)c2C)/C(=C2\N(C)c3ccccc3C2(C)C)C=NN1c1ccccc1. The van der Waals surface area contributed by atoms with Crippen molar-refractivity contribution in [3.63, 3.8) is 0 Å². The molecule has 0 fully saturated rings. The number of nitrogens with zero attached hydrogens (tertiary/aromatic N) is 5. The van der Waals surface area contributed by atoms with Gasteiger partial charge < -0.3 is 4.90 Å². The number of hydrogen-bond donors (Lipinski definition) is 0. The number of allylic oxidation sites excluding steroid dienone is 2. The minimum absolute atomic E-state index is 0.186. The maximum atomic E-state index is 5.79. The first-order chi connectivity index (χ1) is 17.8. The van der Waals surface area contributed by atoms with Crippen molar-refractivity contribution < 1.29 is 0 Å². The molecule has 0 bridgehead atoms. The number of anilines is 2. The van der Waals surface area contributed by atoms with E-state index in [0.29, 0.717) is 0 Å². The summed E-state index contributed by atoms with van der Waals surface area (Å²) in [6.45, 7) is 15.3. The summed E-state index contributed by atoms with van der Waals surface area (Å²) in [6, 6.07) is 25.8. The van der Waals surface area contributed by atoms with Crippen LogP contribution in [0.5, 0.6) is 0 Å². The molecule has 6 heteroatoms. The highest BCUT2D eigenvalue weighted by Crippen LogP contribution is 2.70. The van der Waals surface area contributed by atoms with Crippen molar-refractivity contribution in [1.29, 1.82) is 0 Å². The van der Waals surface area contributed by atoms with E-state index in [9.17, 15) is 0 Å². The van der Waals surface area contributed by atoms with Crippen molar-refractivity contribution in [2.75, 3.05) is 29.8 Å². The molecule has 2 heterocycles. The molecule has 2 aliphatic heterocycles. The molecule has 0 aliphatic carbocycles. The van der Waals surface area contributed by atoms with E-state index < -0.39 is 7.36 Å². The Morgan fingerprint density at radius 1 is 0.892 bits per heavy atom. The van der Waals surface area contributed by atoms with Gasteiger partial charge in [0.2, 0.25) is 0 Å². The van der Waals surface area contributed by atoms with Gasteiger partial charge in [-0.3, -0.25) is 0 Å². The quantitative estimate of drug-likeness (QED) is 0.322. The monoisotopic (exact) mass is 511 g/mol. The minimum atomic E-state index is -2.56. The van der Waals surface area contributed by atoms with Gasteiger partial charge in [-0.2, -0.15) is 5.10 Å². The minimum Gasteiger partial charge on any atom is -0.346 e. The van der Waals surface area contributed by atoms with Crippen molar-refractivity contribution in [1.82, 2.24) is 4.67 Å².